The minimum atomic E-state index is -0.0777. The minimum absolute atomic E-state index is 0.0777. The van der Waals surface area contributed by atoms with Crippen molar-refractivity contribution < 1.29 is 4.79 Å². The molecular formula is C15H20N2O. The van der Waals surface area contributed by atoms with Gasteiger partial charge in [0.25, 0.3) is 0 Å². The summed E-state index contributed by atoms with van der Waals surface area (Å²) in [6.07, 6.45) is 7.70. The van der Waals surface area contributed by atoms with Crippen molar-refractivity contribution in [2.45, 2.75) is 32.7 Å². The Balaban J connectivity index is 2.09. The topological polar surface area (TPSA) is 34.0 Å². The fraction of sp³-hybridized carbons (Fsp3) is 0.400. The third-order valence-corrected chi connectivity index (χ3v) is 3.27. The van der Waals surface area contributed by atoms with Crippen molar-refractivity contribution in [3.63, 3.8) is 0 Å². The molecule has 96 valence electrons. The van der Waals surface area contributed by atoms with Crippen LogP contribution in [0.3, 0.4) is 0 Å². The third-order valence-electron chi connectivity index (χ3n) is 3.27. The van der Waals surface area contributed by atoms with Crippen LogP contribution in [-0.2, 0) is 4.79 Å². The SMILES string of the molecule is C=CCNC(=O)/C=C/c1cc(C)n(C2CC2)c1C. The van der Waals surface area contributed by atoms with Crippen molar-refractivity contribution in [3.05, 3.63) is 41.7 Å². The first kappa shape index (κ1) is 12.7. The van der Waals surface area contributed by atoms with Crippen LogP contribution in [0.15, 0.2) is 24.8 Å². The molecular weight excluding hydrogens is 224 g/mol. The smallest absolute Gasteiger partial charge is 0.244 e. The van der Waals surface area contributed by atoms with Gasteiger partial charge in [0.15, 0.2) is 0 Å². The second-order valence-corrected chi connectivity index (χ2v) is 4.79. The lowest BCUT2D eigenvalue weighted by atomic mass is 10.2. The number of hydrogen-bond donors (Lipinski definition) is 1. The molecule has 1 saturated carbocycles. The summed E-state index contributed by atoms with van der Waals surface area (Å²) in [6.45, 7) is 8.31. The fourth-order valence-electron chi connectivity index (χ4n) is 2.26. The monoisotopic (exact) mass is 244 g/mol. The summed E-state index contributed by atoms with van der Waals surface area (Å²) in [6, 6.07) is 2.83. The molecule has 0 aromatic carbocycles. The normalized spacial score (nSPS) is 15.0. The van der Waals surface area contributed by atoms with Gasteiger partial charge < -0.3 is 9.88 Å². The number of nitrogens with one attached hydrogen (secondary N) is 1. The first-order valence-corrected chi connectivity index (χ1v) is 6.38. The fourth-order valence-corrected chi connectivity index (χ4v) is 2.26. The number of aromatic nitrogens is 1. The van der Waals surface area contributed by atoms with Crippen LogP contribution in [0, 0.1) is 13.8 Å². The van der Waals surface area contributed by atoms with E-state index in [2.05, 4.69) is 36.4 Å². The van der Waals surface area contributed by atoms with Crippen molar-refractivity contribution in [3.8, 4) is 0 Å². The summed E-state index contributed by atoms with van der Waals surface area (Å²) >= 11 is 0. The van der Waals surface area contributed by atoms with Gasteiger partial charge in [-0.2, -0.15) is 0 Å². The van der Waals surface area contributed by atoms with E-state index in [1.807, 2.05) is 6.08 Å². The van der Waals surface area contributed by atoms with Crippen LogP contribution in [0.25, 0.3) is 6.08 Å². The summed E-state index contributed by atoms with van der Waals surface area (Å²) in [4.78, 5) is 11.5. The number of hydrogen-bond acceptors (Lipinski definition) is 1. The Morgan fingerprint density at radius 2 is 2.28 bits per heavy atom. The third kappa shape index (κ3) is 2.73. The molecule has 0 unspecified atom stereocenters. The summed E-state index contributed by atoms with van der Waals surface area (Å²) in [5.74, 6) is -0.0777. The largest absolute Gasteiger partial charge is 0.349 e. The maximum absolute atomic E-state index is 11.5. The van der Waals surface area contributed by atoms with E-state index >= 15 is 0 Å². The van der Waals surface area contributed by atoms with Crippen LogP contribution < -0.4 is 5.32 Å². The Bertz CT molecular complexity index is 493. The van der Waals surface area contributed by atoms with Crippen LogP contribution in [-0.4, -0.2) is 17.0 Å². The second kappa shape index (κ2) is 5.25. The number of carbonyl (C=O) groups excluding carboxylic acids is 1. The molecule has 0 radical (unpaired) electrons. The first-order chi connectivity index (χ1) is 8.63. The van der Waals surface area contributed by atoms with Gasteiger partial charge in [-0.3, -0.25) is 4.79 Å². The number of nitrogens with zero attached hydrogens (tertiary/aromatic N) is 1. The van der Waals surface area contributed by atoms with E-state index in [9.17, 15) is 4.79 Å². The lowest BCUT2D eigenvalue weighted by Crippen LogP contribution is -2.20. The Hall–Kier alpha value is -1.77. The minimum Gasteiger partial charge on any atom is -0.349 e. The maximum Gasteiger partial charge on any atom is 0.244 e. The van der Waals surface area contributed by atoms with Crippen LogP contribution in [0.2, 0.25) is 0 Å². The highest BCUT2D eigenvalue weighted by molar-refractivity contribution is 5.91. The second-order valence-electron chi connectivity index (χ2n) is 4.79. The molecule has 1 aromatic rings. The molecule has 1 aromatic heterocycles. The van der Waals surface area contributed by atoms with Crippen LogP contribution >= 0.6 is 0 Å². The van der Waals surface area contributed by atoms with Gasteiger partial charge in [-0.1, -0.05) is 6.08 Å². The molecule has 1 N–H and O–H groups in total. The van der Waals surface area contributed by atoms with E-state index < -0.39 is 0 Å². The van der Waals surface area contributed by atoms with E-state index in [-0.39, 0.29) is 5.91 Å². The standard InChI is InChI=1S/C15H20N2O/c1-4-9-16-15(18)8-5-13-10-11(2)17(12(13)3)14-6-7-14/h4-5,8,10,14H,1,6-7,9H2,2-3H3,(H,16,18)/b8-5+. The van der Waals surface area contributed by atoms with E-state index in [0.717, 1.165) is 5.56 Å². The molecule has 0 saturated heterocycles. The molecule has 1 amide bonds. The number of amides is 1. The molecule has 3 heteroatoms. The molecule has 0 aliphatic heterocycles. The van der Waals surface area contributed by atoms with Gasteiger partial charge in [0, 0.05) is 30.1 Å². The maximum atomic E-state index is 11.5. The lowest BCUT2D eigenvalue weighted by Gasteiger charge is -2.06. The molecule has 2 rings (SSSR count). The number of rotatable bonds is 5. The first-order valence-electron chi connectivity index (χ1n) is 6.38. The molecule has 1 fully saturated rings. The quantitative estimate of drug-likeness (QED) is 0.627. The predicted octanol–water partition coefficient (Wildman–Crippen LogP) is 2.76. The number of aryl methyl sites for hydroxylation is 1. The van der Waals surface area contributed by atoms with Crippen molar-refractivity contribution in [2.24, 2.45) is 0 Å². The summed E-state index contributed by atoms with van der Waals surface area (Å²) < 4.78 is 2.38. The van der Waals surface area contributed by atoms with Crippen molar-refractivity contribution in [1.82, 2.24) is 9.88 Å². The molecule has 1 aliphatic carbocycles. The van der Waals surface area contributed by atoms with Gasteiger partial charge in [0.05, 0.1) is 0 Å². The van der Waals surface area contributed by atoms with Crippen LogP contribution in [0.1, 0.15) is 35.8 Å². The van der Waals surface area contributed by atoms with E-state index in [4.69, 9.17) is 0 Å². The molecule has 0 bridgehead atoms. The van der Waals surface area contributed by atoms with Crippen molar-refractivity contribution in [1.29, 1.82) is 0 Å². The molecule has 1 aliphatic rings. The zero-order valence-electron chi connectivity index (χ0n) is 11.1. The highest BCUT2D eigenvalue weighted by Gasteiger charge is 2.26. The van der Waals surface area contributed by atoms with Crippen LogP contribution in [0.5, 0.6) is 0 Å². The van der Waals surface area contributed by atoms with Gasteiger partial charge >= 0.3 is 0 Å². The average molecular weight is 244 g/mol. The molecule has 0 atom stereocenters. The Labute approximate surface area is 108 Å². The van der Waals surface area contributed by atoms with Gasteiger partial charge in [0.1, 0.15) is 0 Å². The van der Waals surface area contributed by atoms with Gasteiger partial charge in [-0.25, -0.2) is 0 Å². The number of carbonyl (C=O) groups is 1. The molecule has 18 heavy (non-hydrogen) atoms. The zero-order chi connectivity index (χ0) is 13.1. The molecule has 3 nitrogen and oxygen atoms in total. The molecule has 1 heterocycles. The predicted molar refractivity (Wildman–Crippen MR) is 74.4 cm³/mol. The van der Waals surface area contributed by atoms with Gasteiger partial charge in [-0.05, 0) is 44.4 Å². The lowest BCUT2D eigenvalue weighted by molar-refractivity contribution is -0.116. The van der Waals surface area contributed by atoms with E-state index in [1.54, 1.807) is 12.2 Å². The van der Waals surface area contributed by atoms with E-state index in [0.29, 0.717) is 12.6 Å². The van der Waals surface area contributed by atoms with Crippen molar-refractivity contribution in [2.75, 3.05) is 6.54 Å². The average Bonchev–Trinajstić information content (AvgIpc) is 3.12. The zero-order valence-corrected chi connectivity index (χ0v) is 11.1. The van der Waals surface area contributed by atoms with Gasteiger partial charge in [-0.15, -0.1) is 6.58 Å². The Morgan fingerprint density at radius 3 is 2.89 bits per heavy atom. The highest BCUT2D eigenvalue weighted by atomic mass is 16.1. The summed E-state index contributed by atoms with van der Waals surface area (Å²) in [5, 5.41) is 2.73. The molecule has 0 spiro atoms. The Morgan fingerprint density at radius 1 is 1.56 bits per heavy atom. The summed E-state index contributed by atoms with van der Waals surface area (Å²) in [7, 11) is 0. The van der Waals surface area contributed by atoms with Crippen molar-refractivity contribution >= 4 is 12.0 Å². The summed E-state index contributed by atoms with van der Waals surface area (Å²) in [5.41, 5.74) is 3.66. The van der Waals surface area contributed by atoms with E-state index in [1.165, 1.54) is 24.2 Å². The van der Waals surface area contributed by atoms with Gasteiger partial charge in [0.2, 0.25) is 5.91 Å². The van der Waals surface area contributed by atoms with Crippen LogP contribution in [0.4, 0.5) is 0 Å². The Kier molecular flexibility index (Phi) is 3.70. The highest BCUT2D eigenvalue weighted by Crippen LogP contribution is 2.38.